The molecule has 0 bridgehead atoms. The van der Waals surface area contributed by atoms with Crippen molar-refractivity contribution in [3.8, 4) is 11.4 Å². The second-order valence-electron chi connectivity index (χ2n) is 3.51. The largest absolute Gasteiger partial charge is 0.480 e. The van der Waals surface area contributed by atoms with Crippen LogP contribution in [0.4, 0.5) is 0 Å². The van der Waals surface area contributed by atoms with Crippen LogP contribution in [-0.4, -0.2) is 36.2 Å². The van der Waals surface area contributed by atoms with E-state index in [-0.39, 0.29) is 0 Å². The lowest BCUT2D eigenvalue weighted by Gasteiger charge is -2.05. The number of nitrogens with zero attached hydrogens (tertiary/aromatic N) is 4. The number of carboxylic acid groups (broad SMARTS) is 1. The third-order valence-corrected chi connectivity index (χ3v) is 3.28. The molecule has 0 aliphatic carbocycles. The van der Waals surface area contributed by atoms with Gasteiger partial charge in [0.05, 0.1) is 0 Å². The summed E-state index contributed by atoms with van der Waals surface area (Å²) in [6.45, 7) is 1.56. The Hall–Kier alpha value is -2.09. The summed E-state index contributed by atoms with van der Waals surface area (Å²) in [6.07, 6.45) is 3.24. The number of aliphatic carboxylic acids is 1. The van der Waals surface area contributed by atoms with Crippen LogP contribution in [0.3, 0.4) is 0 Å². The Bertz CT molecular complexity index is 557. The minimum Gasteiger partial charge on any atom is -0.480 e. The monoisotopic (exact) mass is 265 g/mol. The number of nitrogens with two attached hydrogens (primary N) is 1. The third kappa shape index (κ3) is 2.43. The molecule has 0 saturated heterocycles. The SMILES string of the molecule is CC(Sc1nnc(-c2ccncc2)n1N)C(=O)O. The van der Waals surface area contributed by atoms with E-state index in [2.05, 4.69) is 15.2 Å². The zero-order valence-corrected chi connectivity index (χ0v) is 10.3. The van der Waals surface area contributed by atoms with Gasteiger partial charge in [-0.05, 0) is 19.1 Å². The Morgan fingerprint density at radius 3 is 2.72 bits per heavy atom. The summed E-state index contributed by atoms with van der Waals surface area (Å²) in [5.41, 5.74) is 0.773. The van der Waals surface area contributed by atoms with Crippen LogP contribution in [0.1, 0.15) is 6.92 Å². The first-order valence-electron chi connectivity index (χ1n) is 5.10. The van der Waals surface area contributed by atoms with E-state index in [1.165, 1.54) is 4.68 Å². The summed E-state index contributed by atoms with van der Waals surface area (Å²) in [5.74, 6) is 5.39. The molecule has 1 atom stereocenters. The highest BCUT2D eigenvalue weighted by Gasteiger charge is 2.18. The maximum atomic E-state index is 10.8. The van der Waals surface area contributed by atoms with E-state index >= 15 is 0 Å². The van der Waals surface area contributed by atoms with Gasteiger partial charge in [0.25, 0.3) is 0 Å². The molecule has 7 nitrogen and oxygen atoms in total. The molecule has 2 rings (SSSR count). The van der Waals surface area contributed by atoms with E-state index in [1.54, 1.807) is 31.5 Å². The first kappa shape index (κ1) is 12.4. The fourth-order valence-electron chi connectivity index (χ4n) is 1.26. The molecule has 0 radical (unpaired) electrons. The zero-order chi connectivity index (χ0) is 13.1. The topological polar surface area (TPSA) is 107 Å². The van der Waals surface area contributed by atoms with Gasteiger partial charge in [-0.3, -0.25) is 9.78 Å². The number of carboxylic acids is 1. The molecular formula is C10H11N5O2S. The molecule has 0 spiro atoms. The standard InChI is InChI=1S/C10H11N5O2S/c1-6(9(16)17)18-10-14-13-8(15(10)11)7-2-4-12-5-3-7/h2-6H,11H2,1H3,(H,16,17). The molecule has 2 aromatic rings. The van der Waals surface area contributed by atoms with Gasteiger partial charge in [0.1, 0.15) is 5.25 Å². The Balaban J connectivity index is 2.27. The van der Waals surface area contributed by atoms with Crippen LogP contribution >= 0.6 is 11.8 Å². The van der Waals surface area contributed by atoms with Crippen LogP contribution in [-0.2, 0) is 4.79 Å². The van der Waals surface area contributed by atoms with Gasteiger partial charge in [0, 0.05) is 18.0 Å². The summed E-state index contributed by atoms with van der Waals surface area (Å²) in [4.78, 5) is 14.7. The number of pyridine rings is 1. The summed E-state index contributed by atoms with van der Waals surface area (Å²) in [7, 11) is 0. The Morgan fingerprint density at radius 1 is 1.44 bits per heavy atom. The van der Waals surface area contributed by atoms with Crippen molar-refractivity contribution in [2.75, 3.05) is 5.84 Å². The van der Waals surface area contributed by atoms with Gasteiger partial charge < -0.3 is 10.9 Å². The van der Waals surface area contributed by atoms with Gasteiger partial charge >= 0.3 is 5.97 Å². The minimum atomic E-state index is -0.923. The molecule has 0 aliphatic heterocycles. The number of carbonyl (C=O) groups is 1. The van der Waals surface area contributed by atoms with E-state index in [1.807, 2.05) is 0 Å². The van der Waals surface area contributed by atoms with E-state index < -0.39 is 11.2 Å². The number of nitrogen functional groups attached to an aromatic ring is 1. The van der Waals surface area contributed by atoms with Crippen LogP contribution in [0.15, 0.2) is 29.7 Å². The number of aromatic nitrogens is 4. The number of hydrogen-bond donors (Lipinski definition) is 2. The van der Waals surface area contributed by atoms with Crippen LogP contribution in [0.2, 0.25) is 0 Å². The molecule has 18 heavy (non-hydrogen) atoms. The molecule has 94 valence electrons. The van der Waals surface area contributed by atoms with E-state index in [9.17, 15) is 4.79 Å². The third-order valence-electron chi connectivity index (χ3n) is 2.23. The van der Waals surface area contributed by atoms with E-state index in [4.69, 9.17) is 10.9 Å². The lowest BCUT2D eigenvalue weighted by molar-refractivity contribution is -0.136. The summed E-state index contributed by atoms with van der Waals surface area (Å²) in [5, 5.41) is 16.4. The average molecular weight is 265 g/mol. The number of thioether (sulfide) groups is 1. The number of rotatable bonds is 4. The van der Waals surface area contributed by atoms with Gasteiger partial charge in [0.2, 0.25) is 5.16 Å². The molecule has 0 amide bonds. The highest BCUT2D eigenvalue weighted by atomic mass is 32.2. The summed E-state index contributed by atoms with van der Waals surface area (Å²) in [6, 6.07) is 3.50. The maximum absolute atomic E-state index is 10.8. The van der Waals surface area contributed by atoms with Crippen molar-refractivity contribution in [2.24, 2.45) is 0 Å². The van der Waals surface area contributed by atoms with E-state index in [0.717, 1.165) is 17.3 Å². The van der Waals surface area contributed by atoms with E-state index in [0.29, 0.717) is 11.0 Å². The lowest BCUT2D eigenvalue weighted by atomic mass is 10.2. The predicted molar refractivity (Wildman–Crippen MR) is 66.4 cm³/mol. The summed E-state index contributed by atoms with van der Waals surface area (Å²) >= 11 is 1.04. The molecule has 2 heterocycles. The normalized spacial score (nSPS) is 12.3. The first-order chi connectivity index (χ1) is 8.59. The minimum absolute atomic E-state index is 0.358. The van der Waals surface area contributed by atoms with Crippen molar-refractivity contribution in [1.29, 1.82) is 0 Å². The van der Waals surface area contributed by atoms with Gasteiger partial charge in [0.15, 0.2) is 5.82 Å². The van der Waals surface area contributed by atoms with Gasteiger partial charge in [-0.2, -0.15) is 0 Å². The lowest BCUT2D eigenvalue weighted by Crippen LogP contribution is -2.16. The molecule has 0 fully saturated rings. The molecule has 3 N–H and O–H groups in total. The van der Waals surface area contributed by atoms with Crippen LogP contribution in [0.25, 0.3) is 11.4 Å². The Morgan fingerprint density at radius 2 is 2.11 bits per heavy atom. The summed E-state index contributed by atoms with van der Waals surface area (Å²) < 4.78 is 1.28. The van der Waals surface area contributed by atoms with Crippen molar-refractivity contribution in [1.82, 2.24) is 19.9 Å². The van der Waals surface area contributed by atoms with Crippen molar-refractivity contribution >= 4 is 17.7 Å². The molecule has 1 unspecified atom stereocenters. The predicted octanol–water partition coefficient (Wildman–Crippen LogP) is 0.619. The number of hydrogen-bond acceptors (Lipinski definition) is 6. The van der Waals surface area contributed by atoms with Crippen LogP contribution in [0.5, 0.6) is 0 Å². The highest BCUT2D eigenvalue weighted by Crippen LogP contribution is 2.24. The van der Waals surface area contributed by atoms with Gasteiger partial charge in [-0.25, -0.2) is 4.68 Å². The van der Waals surface area contributed by atoms with Crippen molar-refractivity contribution in [2.45, 2.75) is 17.3 Å². The van der Waals surface area contributed by atoms with Crippen LogP contribution in [0, 0.1) is 0 Å². The van der Waals surface area contributed by atoms with Crippen molar-refractivity contribution < 1.29 is 9.90 Å². The van der Waals surface area contributed by atoms with Crippen LogP contribution < -0.4 is 5.84 Å². The van der Waals surface area contributed by atoms with Crippen molar-refractivity contribution in [3.63, 3.8) is 0 Å². The zero-order valence-electron chi connectivity index (χ0n) is 9.52. The Kier molecular flexibility index (Phi) is 3.47. The van der Waals surface area contributed by atoms with Gasteiger partial charge in [-0.1, -0.05) is 11.8 Å². The molecular weight excluding hydrogens is 254 g/mol. The van der Waals surface area contributed by atoms with Crippen molar-refractivity contribution in [3.05, 3.63) is 24.5 Å². The maximum Gasteiger partial charge on any atom is 0.316 e. The first-order valence-corrected chi connectivity index (χ1v) is 5.98. The second-order valence-corrected chi connectivity index (χ2v) is 4.82. The fraction of sp³-hybridized carbons (Fsp3) is 0.200. The van der Waals surface area contributed by atoms with Gasteiger partial charge in [-0.15, -0.1) is 10.2 Å². The molecule has 8 heteroatoms. The fourth-order valence-corrected chi connectivity index (χ4v) is 1.97. The molecule has 0 aliphatic rings. The quantitative estimate of drug-likeness (QED) is 0.616. The highest BCUT2D eigenvalue weighted by molar-refractivity contribution is 8.00. The molecule has 0 aromatic carbocycles. The Labute approximate surface area is 107 Å². The smallest absolute Gasteiger partial charge is 0.316 e. The molecule has 2 aromatic heterocycles. The molecule has 0 saturated carbocycles. The average Bonchev–Trinajstić information content (AvgIpc) is 2.72. The second kappa shape index (κ2) is 5.05.